The van der Waals surface area contributed by atoms with E-state index in [0.717, 1.165) is 17.7 Å². The first-order valence-electron chi connectivity index (χ1n) is 6.67. The lowest BCUT2D eigenvalue weighted by Gasteiger charge is -2.49. The number of rotatable bonds is 2. The monoisotopic (exact) mass is 242 g/mol. The molecule has 2 aliphatic rings. The molecule has 0 amide bonds. The summed E-state index contributed by atoms with van der Waals surface area (Å²) >= 11 is 2.10. The van der Waals surface area contributed by atoms with Gasteiger partial charge in [-0.05, 0) is 38.6 Å². The van der Waals surface area contributed by atoms with Crippen LogP contribution in [0.5, 0.6) is 0 Å². The van der Waals surface area contributed by atoms with Gasteiger partial charge in [0.15, 0.2) is 0 Å². The van der Waals surface area contributed by atoms with Gasteiger partial charge in [-0.15, -0.1) is 0 Å². The number of likely N-dealkylation sites (tertiary alicyclic amines) is 1. The summed E-state index contributed by atoms with van der Waals surface area (Å²) in [5.41, 5.74) is 6.42. The van der Waals surface area contributed by atoms with Crippen molar-refractivity contribution in [3.63, 3.8) is 0 Å². The van der Waals surface area contributed by atoms with Gasteiger partial charge in [0.25, 0.3) is 0 Å². The maximum atomic E-state index is 6.11. The summed E-state index contributed by atoms with van der Waals surface area (Å²) in [5.74, 6) is 2.07. The topological polar surface area (TPSA) is 29.3 Å². The zero-order chi connectivity index (χ0) is 11.8. The third kappa shape index (κ3) is 2.14. The first-order valence-corrected chi connectivity index (χ1v) is 7.72. The molecule has 2 aliphatic heterocycles. The first kappa shape index (κ1) is 12.7. The Bertz CT molecular complexity index is 246. The third-order valence-corrected chi connectivity index (χ3v) is 6.11. The van der Waals surface area contributed by atoms with Crippen LogP contribution >= 0.6 is 11.8 Å². The average molecular weight is 242 g/mol. The van der Waals surface area contributed by atoms with Gasteiger partial charge in [0.2, 0.25) is 0 Å². The second kappa shape index (κ2) is 4.87. The lowest BCUT2D eigenvalue weighted by Crippen LogP contribution is -2.60. The molecule has 0 radical (unpaired) electrons. The smallest absolute Gasteiger partial charge is 0.0435 e. The number of piperidine rings is 1. The Labute approximate surface area is 104 Å². The van der Waals surface area contributed by atoms with E-state index in [0.29, 0.717) is 11.6 Å². The number of thioether (sulfide) groups is 1. The molecule has 0 aliphatic carbocycles. The van der Waals surface area contributed by atoms with Crippen LogP contribution in [0, 0.1) is 5.92 Å². The van der Waals surface area contributed by atoms with E-state index in [9.17, 15) is 0 Å². The van der Waals surface area contributed by atoms with E-state index >= 15 is 0 Å². The quantitative estimate of drug-likeness (QED) is 0.806. The standard InChI is InChI=1S/C13H26N2S/c1-10-5-4-6-15(12(10)3)13(8-14)7-11(2)16-9-13/h10-12H,4-9,14H2,1-3H3. The highest BCUT2D eigenvalue weighted by atomic mass is 32.2. The van der Waals surface area contributed by atoms with Gasteiger partial charge < -0.3 is 5.73 Å². The van der Waals surface area contributed by atoms with Crippen LogP contribution in [0.4, 0.5) is 0 Å². The number of nitrogens with zero attached hydrogens (tertiary/aromatic N) is 1. The molecule has 2 heterocycles. The summed E-state index contributed by atoms with van der Waals surface area (Å²) in [4.78, 5) is 2.73. The van der Waals surface area contributed by atoms with E-state index in [4.69, 9.17) is 5.73 Å². The molecule has 2 rings (SSSR count). The normalized spacial score (nSPS) is 46.1. The molecule has 0 aromatic carbocycles. The van der Waals surface area contributed by atoms with E-state index < -0.39 is 0 Å². The van der Waals surface area contributed by atoms with Crippen LogP contribution in [0.25, 0.3) is 0 Å². The molecule has 0 aromatic rings. The van der Waals surface area contributed by atoms with Crippen molar-refractivity contribution in [2.45, 2.75) is 56.9 Å². The molecular formula is C13H26N2S. The first-order chi connectivity index (χ1) is 7.59. The predicted octanol–water partition coefficient (Wildman–Crippen LogP) is 2.33. The average Bonchev–Trinajstić information content (AvgIpc) is 2.65. The summed E-state index contributed by atoms with van der Waals surface area (Å²) in [5, 5.41) is 0.785. The molecule has 0 aromatic heterocycles. The number of nitrogens with two attached hydrogens (primary N) is 1. The zero-order valence-electron chi connectivity index (χ0n) is 10.9. The zero-order valence-corrected chi connectivity index (χ0v) is 11.7. The molecule has 4 unspecified atom stereocenters. The minimum atomic E-state index is 0.304. The fraction of sp³-hybridized carbons (Fsp3) is 1.00. The minimum absolute atomic E-state index is 0.304. The summed E-state index contributed by atoms with van der Waals surface area (Å²) in [6, 6.07) is 0.711. The highest BCUT2D eigenvalue weighted by molar-refractivity contribution is 8.00. The molecule has 4 atom stereocenters. The van der Waals surface area contributed by atoms with Crippen molar-refractivity contribution in [3.8, 4) is 0 Å². The molecule has 2 nitrogen and oxygen atoms in total. The maximum Gasteiger partial charge on any atom is 0.0435 e. The number of hydrogen-bond donors (Lipinski definition) is 1. The Kier molecular flexibility index (Phi) is 3.87. The van der Waals surface area contributed by atoms with Gasteiger partial charge in [0.1, 0.15) is 0 Å². The van der Waals surface area contributed by atoms with Gasteiger partial charge in [-0.2, -0.15) is 11.8 Å². The van der Waals surface area contributed by atoms with Crippen molar-refractivity contribution < 1.29 is 0 Å². The molecule has 2 fully saturated rings. The Balaban J connectivity index is 2.14. The van der Waals surface area contributed by atoms with E-state index in [2.05, 4.69) is 37.4 Å². The van der Waals surface area contributed by atoms with Gasteiger partial charge >= 0.3 is 0 Å². The van der Waals surface area contributed by atoms with Crippen LogP contribution in [0.1, 0.15) is 40.0 Å². The van der Waals surface area contributed by atoms with Crippen LogP contribution < -0.4 is 5.73 Å². The largest absolute Gasteiger partial charge is 0.329 e. The Morgan fingerprint density at radius 2 is 2.12 bits per heavy atom. The molecule has 0 spiro atoms. The lowest BCUT2D eigenvalue weighted by molar-refractivity contribution is 0.0168. The van der Waals surface area contributed by atoms with Gasteiger partial charge in [-0.25, -0.2) is 0 Å². The van der Waals surface area contributed by atoms with Crippen LogP contribution in [0.3, 0.4) is 0 Å². The van der Waals surface area contributed by atoms with Gasteiger partial charge in [-0.1, -0.05) is 13.8 Å². The van der Waals surface area contributed by atoms with E-state index in [-0.39, 0.29) is 0 Å². The summed E-state index contributed by atoms with van der Waals surface area (Å²) < 4.78 is 0. The summed E-state index contributed by atoms with van der Waals surface area (Å²) in [7, 11) is 0. The second-order valence-corrected chi connectivity index (χ2v) is 7.23. The highest BCUT2D eigenvalue weighted by Crippen LogP contribution is 2.41. The van der Waals surface area contributed by atoms with E-state index in [1.54, 1.807) is 0 Å². The van der Waals surface area contributed by atoms with Crippen molar-refractivity contribution in [1.29, 1.82) is 0 Å². The molecule has 16 heavy (non-hydrogen) atoms. The summed E-state index contributed by atoms with van der Waals surface area (Å²) in [6.07, 6.45) is 4.03. The molecule has 2 N–H and O–H groups in total. The molecule has 0 bridgehead atoms. The highest BCUT2D eigenvalue weighted by Gasteiger charge is 2.45. The van der Waals surface area contributed by atoms with E-state index in [1.165, 1.54) is 31.6 Å². The molecule has 3 heteroatoms. The SMILES string of the molecule is CC1CC(CN)(N2CCCC(C)C2C)CS1. The fourth-order valence-electron chi connectivity index (χ4n) is 3.41. The molecular weight excluding hydrogens is 216 g/mol. The Morgan fingerprint density at radius 3 is 2.69 bits per heavy atom. The van der Waals surface area contributed by atoms with Crippen LogP contribution in [-0.2, 0) is 0 Å². The Hall–Kier alpha value is 0.270. The van der Waals surface area contributed by atoms with Crippen molar-refractivity contribution in [2.24, 2.45) is 11.7 Å². The molecule has 2 saturated heterocycles. The van der Waals surface area contributed by atoms with Crippen molar-refractivity contribution in [1.82, 2.24) is 4.90 Å². The third-order valence-electron chi connectivity index (χ3n) is 4.67. The van der Waals surface area contributed by atoms with E-state index in [1.807, 2.05) is 0 Å². The minimum Gasteiger partial charge on any atom is -0.329 e. The molecule has 0 saturated carbocycles. The number of hydrogen-bond acceptors (Lipinski definition) is 3. The van der Waals surface area contributed by atoms with Crippen molar-refractivity contribution in [2.75, 3.05) is 18.8 Å². The van der Waals surface area contributed by atoms with Gasteiger partial charge in [0, 0.05) is 29.1 Å². The van der Waals surface area contributed by atoms with Crippen LogP contribution in [0.2, 0.25) is 0 Å². The van der Waals surface area contributed by atoms with Crippen LogP contribution in [0.15, 0.2) is 0 Å². The summed E-state index contributed by atoms with van der Waals surface area (Å²) in [6.45, 7) is 9.24. The second-order valence-electron chi connectivity index (χ2n) is 5.81. The van der Waals surface area contributed by atoms with Gasteiger partial charge in [-0.3, -0.25) is 4.90 Å². The Morgan fingerprint density at radius 1 is 1.38 bits per heavy atom. The molecule has 94 valence electrons. The fourth-order valence-corrected chi connectivity index (χ4v) is 4.84. The lowest BCUT2D eigenvalue weighted by atomic mass is 9.84. The van der Waals surface area contributed by atoms with Gasteiger partial charge in [0.05, 0.1) is 0 Å². The van der Waals surface area contributed by atoms with Crippen molar-refractivity contribution in [3.05, 3.63) is 0 Å². The van der Waals surface area contributed by atoms with Crippen LogP contribution in [-0.4, -0.2) is 40.6 Å². The van der Waals surface area contributed by atoms with Crippen molar-refractivity contribution >= 4 is 11.8 Å². The predicted molar refractivity (Wildman–Crippen MR) is 72.9 cm³/mol. The maximum absolute atomic E-state index is 6.11.